The van der Waals surface area contributed by atoms with Crippen molar-refractivity contribution in [2.45, 2.75) is 6.42 Å². The molecule has 1 aromatic carbocycles. The average Bonchev–Trinajstić information content (AvgIpc) is 2.20. The molecule has 1 aromatic rings. The highest BCUT2D eigenvalue weighted by molar-refractivity contribution is 5.20. The molecule has 1 rings (SSSR count). The van der Waals surface area contributed by atoms with E-state index in [1.54, 1.807) is 0 Å². The van der Waals surface area contributed by atoms with Gasteiger partial charge in [0.2, 0.25) is 0 Å². The average molecular weight is 197 g/mol. The largest absolute Gasteiger partial charge is 0.395 e. The number of aliphatic hydroxyl groups excluding tert-OH is 1. The van der Waals surface area contributed by atoms with Gasteiger partial charge in [0.1, 0.15) is 0 Å². The molecule has 1 N–H and O–H groups in total. The van der Waals surface area contributed by atoms with Crippen LogP contribution in [-0.4, -0.2) is 11.7 Å². The summed E-state index contributed by atoms with van der Waals surface area (Å²) in [6.45, 7) is -0.355. The van der Waals surface area contributed by atoms with Crippen LogP contribution in [0.15, 0.2) is 18.2 Å². The van der Waals surface area contributed by atoms with E-state index in [9.17, 15) is 8.78 Å². The van der Waals surface area contributed by atoms with Crippen LogP contribution in [0, 0.1) is 28.9 Å². The molecule has 2 nitrogen and oxygen atoms in total. The smallest absolute Gasteiger partial charge is 0.162 e. The molecular formula is C10H9F2NO. The number of nitriles is 1. The van der Waals surface area contributed by atoms with Crippen LogP contribution < -0.4 is 0 Å². The summed E-state index contributed by atoms with van der Waals surface area (Å²) >= 11 is 0. The van der Waals surface area contributed by atoms with Crippen molar-refractivity contribution >= 4 is 0 Å². The molecule has 0 aromatic heterocycles. The van der Waals surface area contributed by atoms with E-state index in [0.29, 0.717) is 0 Å². The number of rotatable bonds is 3. The Bertz CT molecular complexity index is 360. The number of hydrogen-bond acceptors (Lipinski definition) is 2. The van der Waals surface area contributed by atoms with E-state index in [0.717, 1.165) is 6.07 Å². The first-order valence-electron chi connectivity index (χ1n) is 4.12. The second-order valence-electron chi connectivity index (χ2n) is 2.93. The summed E-state index contributed by atoms with van der Waals surface area (Å²) < 4.78 is 25.8. The highest BCUT2D eigenvalue weighted by Crippen LogP contribution is 2.15. The summed E-state index contributed by atoms with van der Waals surface area (Å²) in [5.74, 6) is -2.57. The van der Waals surface area contributed by atoms with Gasteiger partial charge in [0.05, 0.1) is 18.6 Å². The van der Waals surface area contributed by atoms with Gasteiger partial charge in [0.25, 0.3) is 0 Å². The molecule has 0 aliphatic rings. The zero-order valence-electron chi connectivity index (χ0n) is 7.37. The first-order chi connectivity index (χ1) is 6.69. The summed E-state index contributed by atoms with van der Waals surface area (Å²) in [6.07, 6.45) is 0.0244. The van der Waals surface area contributed by atoms with Crippen molar-refractivity contribution in [1.29, 1.82) is 5.26 Å². The summed E-state index contributed by atoms with van der Waals surface area (Å²) in [6, 6.07) is 5.60. The molecular weight excluding hydrogens is 188 g/mol. The highest BCUT2D eigenvalue weighted by Gasteiger charge is 2.12. The molecule has 0 radical (unpaired) electrons. The predicted octanol–water partition coefficient (Wildman–Crippen LogP) is 1.64. The molecule has 4 heteroatoms. The molecule has 0 heterocycles. The Kier molecular flexibility index (Phi) is 3.55. The van der Waals surface area contributed by atoms with Crippen LogP contribution in [-0.2, 0) is 6.42 Å². The van der Waals surface area contributed by atoms with Crippen molar-refractivity contribution < 1.29 is 13.9 Å². The molecule has 0 amide bonds. The fourth-order valence-corrected chi connectivity index (χ4v) is 1.12. The Labute approximate surface area is 80.4 Å². The molecule has 1 atom stereocenters. The van der Waals surface area contributed by atoms with Crippen molar-refractivity contribution in [2.24, 2.45) is 5.92 Å². The maximum atomic E-state index is 13.1. The van der Waals surface area contributed by atoms with Crippen molar-refractivity contribution in [3.63, 3.8) is 0 Å². The molecule has 0 saturated carbocycles. The van der Waals surface area contributed by atoms with Crippen LogP contribution in [0.4, 0.5) is 8.78 Å². The molecule has 0 aliphatic carbocycles. The van der Waals surface area contributed by atoms with E-state index in [4.69, 9.17) is 10.4 Å². The van der Waals surface area contributed by atoms with Crippen molar-refractivity contribution in [2.75, 3.05) is 6.61 Å². The van der Waals surface area contributed by atoms with Crippen LogP contribution in [0.3, 0.4) is 0 Å². The summed E-state index contributed by atoms with van der Waals surface area (Å²) in [5, 5.41) is 17.2. The topological polar surface area (TPSA) is 44.0 Å². The second kappa shape index (κ2) is 4.68. The van der Waals surface area contributed by atoms with Gasteiger partial charge in [0.15, 0.2) is 11.6 Å². The Morgan fingerprint density at radius 2 is 2.14 bits per heavy atom. The normalized spacial score (nSPS) is 12.1. The number of halogens is 2. The van der Waals surface area contributed by atoms with Gasteiger partial charge in [-0.1, -0.05) is 12.1 Å². The molecule has 14 heavy (non-hydrogen) atoms. The van der Waals surface area contributed by atoms with Crippen molar-refractivity contribution in [3.8, 4) is 6.07 Å². The lowest BCUT2D eigenvalue weighted by molar-refractivity contribution is 0.254. The molecule has 1 unspecified atom stereocenters. The van der Waals surface area contributed by atoms with Crippen molar-refractivity contribution in [3.05, 3.63) is 35.4 Å². The van der Waals surface area contributed by atoms with E-state index in [2.05, 4.69) is 0 Å². The first-order valence-corrected chi connectivity index (χ1v) is 4.12. The Balaban J connectivity index is 2.87. The van der Waals surface area contributed by atoms with Gasteiger partial charge in [-0.3, -0.25) is 0 Å². The van der Waals surface area contributed by atoms with Gasteiger partial charge < -0.3 is 5.11 Å². The minimum atomic E-state index is -0.943. The van der Waals surface area contributed by atoms with E-state index < -0.39 is 17.6 Å². The Hall–Kier alpha value is -1.47. The minimum absolute atomic E-state index is 0.0244. The van der Waals surface area contributed by atoms with E-state index in [-0.39, 0.29) is 18.6 Å². The van der Waals surface area contributed by atoms with Crippen LogP contribution >= 0.6 is 0 Å². The summed E-state index contributed by atoms with van der Waals surface area (Å²) in [7, 11) is 0. The van der Waals surface area contributed by atoms with Crippen LogP contribution in [0.2, 0.25) is 0 Å². The third-order valence-corrected chi connectivity index (χ3v) is 1.90. The van der Waals surface area contributed by atoms with E-state index in [1.165, 1.54) is 12.1 Å². The summed E-state index contributed by atoms with van der Waals surface area (Å²) in [4.78, 5) is 0. The van der Waals surface area contributed by atoms with Gasteiger partial charge in [-0.2, -0.15) is 5.26 Å². The van der Waals surface area contributed by atoms with Crippen LogP contribution in [0.1, 0.15) is 5.56 Å². The SMILES string of the molecule is N#CC(CO)Cc1cccc(F)c1F. The monoisotopic (exact) mass is 197 g/mol. The van der Waals surface area contributed by atoms with Gasteiger partial charge in [-0.15, -0.1) is 0 Å². The van der Waals surface area contributed by atoms with E-state index >= 15 is 0 Å². The second-order valence-corrected chi connectivity index (χ2v) is 2.93. The standard InChI is InChI=1S/C10H9F2NO/c11-9-3-1-2-8(10(9)12)4-7(5-13)6-14/h1-3,7,14H,4,6H2. The number of hydrogen-bond donors (Lipinski definition) is 1. The van der Waals surface area contributed by atoms with Crippen LogP contribution in [0.25, 0.3) is 0 Å². The fourth-order valence-electron chi connectivity index (χ4n) is 1.12. The van der Waals surface area contributed by atoms with Gasteiger partial charge in [-0.05, 0) is 18.1 Å². The zero-order chi connectivity index (χ0) is 10.6. The molecule has 0 aliphatic heterocycles. The van der Waals surface area contributed by atoms with E-state index in [1.807, 2.05) is 6.07 Å². The zero-order valence-corrected chi connectivity index (χ0v) is 7.37. The van der Waals surface area contributed by atoms with Gasteiger partial charge in [0, 0.05) is 0 Å². The predicted molar refractivity (Wildman–Crippen MR) is 46.3 cm³/mol. The van der Waals surface area contributed by atoms with Crippen LogP contribution in [0.5, 0.6) is 0 Å². The van der Waals surface area contributed by atoms with Gasteiger partial charge in [-0.25, -0.2) is 8.78 Å². The Morgan fingerprint density at radius 1 is 1.43 bits per heavy atom. The molecule has 0 fully saturated rings. The lowest BCUT2D eigenvalue weighted by atomic mass is 10.0. The lowest BCUT2D eigenvalue weighted by Gasteiger charge is -2.06. The van der Waals surface area contributed by atoms with Crippen molar-refractivity contribution in [1.82, 2.24) is 0 Å². The molecule has 0 saturated heterocycles. The quantitative estimate of drug-likeness (QED) is 0.800. The fraction of sp³-hybridized carbons (Fsp3) is 0.300. The first kappa shape index (κ1) is 10.6. The Morgan fingerprint density at radius 3 is 2.71 bits per heavy atom. The molecule has 0 spiro atoms. The molecule has 74 valence electrons. The number of aliphatic hydroxyl groups is 1. The maximum absolute atomic E-state index is 13.1. The minimum Gasteiger partial charge on any atom is -0.395 e. The molecule has 0 bridgehead atoms. The maximum Gasteiger partial charge on any atom is 0.162 e. The number of nitrogens with zero attached hydrogens (tertiary/aromatic N) is 1. The van der Waals surface area contributed by atoms with Gasteiger partial charge >= 0.3 is 0 Å². The lowest BCUT2D eigenvalue weighted by Crippen LogP contribution is -2.08. The number of benzene rings is 1. The third-order valence-electron chi connectivity index (χ3n) is 1.90. The highest BCUT2D eigenvalue weighted by atomic mass is 19.2. The summed E-state index contributed by atoms with van der Waals surface area (Å²) in [5.41, 5.74) is 0.116. The third kappa shape index (κ3) is 2.27.